The number of hydrogen-bond acceptors (Lipinski definition) is 1. The molecule has 0 amide bonds. The molecular formula is C21H16Cl2N2Ti-2. The van der Waals surface area contributed by atoms with E-state index < -0.39 is 17.0 Å². The summed E-state index contributed by atoms with van der Waals surface area (Å²) in [4.78, 5) is 0. The molecule has 0 radical (unpaired) electrons. The van der Waals surface area contributed by atoms with Gasteiger partial charge >= 0.3 is 35.6 Å². The molecule has 0 unspecified atom stereocenters. The predicted molar refractivity (Wildman–Crippen MR) is 108 cm³/mol. The van der Waals surface area contributed by atoms with Gasteiger partial charge in [0.15, 0.2) is 0 Å². The van der Waals surface area contributed by atoms with Crippen molar-refractivity contribution in [3.63, 3.8) is 0 Å². The van der Waals surface area contributed by atoms with Crippen molar-refractivity contribution in [2.45, 2.75) is 0 Å². The Morgan fingerprint density at radius 1 is 0.846 bits per heavy atom. The summed E-state index contributed by atoms with van der Waals surface area (Å²) in [6, 6.07) is 30.9. The van der Waals surface area contributed by atoms with Crippen molar-refractivity contribution in [3.05, 3.63) is 97.2 Å². The molecule has 2 nitrogen and oxygen atoms in total. The molecule has 0 saturated carbocycles. The largest absolute Gasteiger partial charge is 0.259 e. The van der Waals surface area contributed by atoms with E-state index in [0.29, 0.717) is 0 Å². The van der Waals surface area contributed by atoms with Gasteiger partial charge in [0, 0.05) is 11.6 Å². The Kier molecular flexibility index (Phi) is 7.10. The monoisotopic (exact) mass is 414 g/mol. The molecule has 0 bridgehead atoms. The van der Waals surface area contributed by atoms with Gasteiger partial charge in [0.25, 0.3) is 0 Å². The van der Waals surface area contributed by atoms with E-state index in [2.05, 4.69) is 53.8 Å². The predicted octanol–water partition coefficient (Wildman–Crippen LogP) is 6.68. The molecule has 0 N–H and O–H groups in total. The topological polar surface area (TPSA) is 17.8 Å². The molecule has 0 aliphatic heterocycles. The van der Waals surface area contributed by atoms with Crippen LogP contribution in [0.3, 0.4) is 0 Å². The third-order valence-corrected chi connectivity index (χ3v) is 3.84. The summed E-state index contributed by atoms with van der Waals surface area (Å²) >= 11 is -0.556. The number of benzene rings is 2. The van der Waals surface area contributed by atoms with Crippen LogP contribution in [0, 0.1) is 0 Å². The molecule has 1 aromatic heterocycles. The Balaban J connectivity index is 0.000000207. The summed E-state index contributed by atoms with van der Waals surface area (Å²) in [5.74, 6) is 0. The number of halogens is 2. The van der Waals surface area contributed by atoms with E-state index in [1.807, 2.05) is 53.2 Å². The number of hydrogen-bond donors (Lipinski definition) is 0. The Morgan fingerprint density at radius 3 is 2.12 bits per heavy atom. The average molecular weight is 415 g/mol. The second-order valence-corrected chi connectivity index (χ2v) is 8.09. The van der Waals surface area contributed by atoms with Crippen LogP contribution < -0.4 is 0 Å². The van der Waals surface area contributed by atoms with E-state index in [1.54, 1.807) is 0 Å². The van der Waals surface area contributed by atoms with Gasteiger partial charge in [-0.3, -0.25) is 4.68 Å². The fourth-order valence-electron chi connectivity index (χ4n) is 2.68. The van der Waals surface area contributed by atoms with Crippen molar-refractivity contribution >= 4 is 40.3 Å². The van der Waals surface area contributed by atoms with Gasteiger partial charge in [0.05, 0.1) is 5.52 Å². The van der Waals surface area contributed by atoms with E-state index in [9.17, 15) is 0 Å². The maximum Gasteiger partial charge on any atom is 0.0927 e. The normalized spacial score (nSPS) is 9.92. The van der Waals surface area contributed by atoms with Crippen molar-refractivity contribution in [1.29, 1.82) is 0 Å². The zero-order valence-corrected chi connectivity index (χ0v) is 17.0. The SMILES string of the molecule is [Cl][Ti][Cl].c1cc[cH-]c1.c1ccc2[cH-]c(-n3cc4ccccc4n3)cc2c1. The van der Waals surface area contributed by atoms with Gasteiger partial charge in [-0.15, -0.1) is 41.1 Å². The van der Waals surface area contributed by atoms with Crippen LogP contribution in [0.15, 0.2) is 97.2 Å². The van der Waals surface area contributed by atoms with E-state index >= 15 is 0 Å². The molecule has 5 rings (SSSR count). The smallest absolute Gasteiger partial charge is 0.0927 e. The Morgan fingerprint density at radius 2 is 1.50 bits per heavy atom. The minimum absolute atomic E-state index is 0.556. The van der Waals surface area contributed by atoms with Crippen molar-refractivity contribution < 1.29 is 17.0 Å². The summed E-state index contributed by atoms with van der Waals surface area (Å²) in [6.07, 6.45) is 2.07. The minimum atomic E-state index is -0.556. The van der Waals surface area contributed by atoms with Crippen LogP contribution in [0.25, 0.3) is 27.4 Å². The Hall–Kier alpha value is -1.84. The third-order valence-electron chi connectivity index (χ3n) is 3.84. The second-order valence-electron chi connectivity index (χ2n) is 5.51. The van der Waals surface area contributed by atoms with Crippen LogP contribution in [0.1, 0.15) is 0 Å². The van der Waals surface area contributed by atoms with Crippen molar-refractivity contribution in [3.8, 4) is 5.69 Å². The van der Waals surface area contributed by atoms with E-state index in [1.165, 1.54) is 16.2 Å². The summed E-state index contributed by atoms with van der Waals surface area (Å²) < 4.78 is 1.95. The summed E-state index contributed by atoms with van der Waals surface area (Å²) in [5, 5.41) is 8.28. The van der Waals surface area contributed by atoms with Crippen LogP contribution >= 0.6 is 18.6 Å². The van der Waals surface area contributed by atoms with Gasteiger partial charge in [0.1, 0.15) is 0 Å². The number of nitrogens with zero attached hydrogens (tertiary/aromatic N) is 2. The quantitative estimate of drug-likeness (QED) is 0.221. The van der Waals surface area contributed by atoms with Crippen LogP contribution in [0.2, 0.25) is 0 Å². The molecule has 0 spiro atoms. The van der Waals surface area contributed by atoms with Crippen molar-refractivity contribution in [1.82, 2.24) is 9.78 Å². The Labute approximate surface area is 169 Å². The molecule has 0 atom stereocenters. The third kappa shape index (κ3) is 4.87. The standard InChI is InChI=1S/C16H11N2.C5H5.2ClH.Ti/c1-2-6-13-10-15(9-12(13)5-1)18-11-14-7-3-4-8-16(14)17-18;1-2-4-5-3-1;;;/h1-11H;1-5H;2*1H;/q2*-1;;;+2/p-2. The van der Waals surface area contributed by atoms with E-state index in [0.717, 1.165) is 11.2 Å². The molecule has 5 heteroatoms. The van der Waals surface area contributed by atoms with Gasteiger partial charge in [-0.05, 0) is 11.8 Å². The molecule has 1 heterocycles. The molecular weight excluding hydrogens is 399 g/mol. The first-order chi connectivity index (χ1) is 12.8. The summed E-state index contributed by atoms with van der Waals surface area (Å²) in [7, 11) is 9.78. The van der Waals surface area contributed by atoms with Crippen molar-refractivity contribution in [2.24, 2.45) is 0 Å². The van der Waals surface area contributed by atoms with Gasteiger partial charge in [-0.25, -0.2) is 12.1 Å². The molecule has 130 valence electrons. The van der Waals surface area contributed by atoms with Gasteiger partial charge in [-0.2, -0.15) is 23.3 Å². The van der Waals surface area contributed by atoms with Crippen LogP contribution in [0.5, 0.6) is 0 Å². The zero-order valence-electron chi connectivity index (χ0n) is 13.9. The van der Waals surface area contributed by atoms with Crippen LogP contribution in [0.4, 0.5) is 0 Å². The maximum atomic E-state index is 4.89. The average Bonchev–Trinajstić information content (AvgIpc) is 3.42. The fraction of sp³-hybridized carbons (Fsp3) is 0. The summed E-state index contributed by atoms with van der Waals surface area (Å²) in [5.41, 5.74) is 2.15. The summed E-state index contributed by atoms with van der Waals surface area (Å²) in [6.45, 7) is 0. The molecule has 26 heavy (non-hydrogen) atoms. The van der Waals surface area contributed by atoms with E-state index in [-0.39, 0.29) is 0 Å². The first kappa shape index (κ1) is 18.9. The van der Waals surface area contributed by atoms with Crippen molar-refractivity contribution in [2.75, 3.05) is 0 Å². The fourth-order valence-corrected chi connectivity index (χ4v) is 2.68. The molecule has 5 aromatic rings. The number of rotatable bonds is 1. The first-order valence-corrected chi connectivity index (χ1v) is 12.3. The van der Waals surface area contributed by atoms with Gasteiger partial charge in [0.2, 0.25) is 0 Å². The van der Waals surface area contributed by atoms with Gasteiger partial charge in [-0.1, -0.05) is 24.3 Å². The molecule has 0 fully saturated rings. The van der Waals surface area contributed by atoms with Crippen LogP contribution in [-0.2, 0) is 17.0 Å². The Bertz CT molecular complexity index is 893. The maximum absolute atomic E-state index is 4.89. The van der Waals surface area contributed by atoms with Crippen LogP contribution in [-0.4, -0.2) is 9.78 Å². The second kappa shape index (κ2) is 9.75. The zero-order chi connectivity index (χ0) is 18.2. The molecule has 0 saturated heterocycles. The minimum Gasteiger partial charge on any atom is -0.259 e. The number of aromatic nitrogens is 2. The molecule has 0 aliphatic carbocycles. The first-order valence-electron chi connectivity index (χ1n) is 8.05. The number of fused-ring (bicyclic) bond motifs is 2. The molecule has 4 aromatic carbocycles. The van der Waals surface area contributed by atoms with Gasteiger partial charge < -0.3 is 0 Å². The van der Waals surface area contributed by atoms with E-state index in [4.69, 9.17) is 18.6 Å². The molecule has 0 aliphatic rings.